The average molecular weight is 473 g/mol. The van der Waals surface area contributed by atoms with Gasteiger partial charge in [0.2, 0.25) is 0 Å². The van der Waals surface area contributed by atoms with E-state index in [1.165, 1.54) is 0 Å². The number of hydrogen-bond acceptors (Lipinski definition) is 3. The Morgan fingerprint density at radius 1 is 0.382 bits per heavy atom. The minimum atomic E-state index is 0.833. The molecule has 3 rings (SSSR count). The van der Waals surface area contributed by atoms with E-state index in [1.807, 2.05) is 133 Å². The van der Waals surface area contributed by atoms with Crippen LogP contribution in [0.2, 0.25) is 0 Å². The average Bonchev–Trinajstić information content (AvgIpc) is 2.94. The van der Waals surface area contributed by atoms with Crippen LogP contribution in [0.5, 0.6) is 17.2 Å². The van der Waals surface area contributed by atoms with E-state index in [1.54, 1.807) is 21.3 Å². The van der Waals surface area contributed by atoms with Crippen molar-refractivity contribution in [3.63, 3.8) is 0 Å². The molecule has 34 heavy (non-hydrogen) atoms. The molecule has 0 atom stereocenters. The lowest BCUT2D eigenvalue weighted by Gasteiger charge is -1.93. The van der Waals surface area contributed by atoms with Gasteiger partial charge in [0.1, 0.15) is 17.2 Å². The first-order valence-corrected chi connectivity index (χ1v) is 12.3. The van der Waals surface area contributed by atoms with Crippen molar-refractivity contribution in [1.82, 2.24) is 0 Å². The lowest BCUT2D eigenvalue weighted by Crippen LogP contribution is -1.78. The standard InChI is InChI=1S/3C7H8O.C4H10.3C2H6/c3*1-8-7-5-3-2-4-6-7;1-4(2)3;3*1-2/h3*2-6H,1H3;4H,1-3H3;3*1-2H3. The number of hydrogen-bond donors (Lipinski definition) is 0. The molecule has 0 unspecified atom stereocenters. The Balaban J connectivity index is -0.000000168. The summed E-state index contributed by atoms with van der Waals surface area (Å²) in [5, 5.41) is 0. The molecule has 0 heterocycles. The number of rotatable bonds is 3. The first-order valence-electron chi connectivity index (χ1n) is 12.3. The Kier molecular flexibility index (Phi) is 39.1. The Bertz CT molecular complexity index is 572. The van der Waals surface area contributed by atoms with Crippen LogP contribution >= 0.6 is 0 Å². The van der Waals surface area contributed by atoms with E-state index in [9.17, 15) is 0 Å². The van der Waals surface area contributed by atoms with Gasteiger partial charge in [-0.05, 0) is 42.3 Å². The summed E-state index contributed by atoms with van der Waals surface area (Å²) in [6.45, 7) is 18.5. The highest BCUT2D eigenvalue weighted by molar-refractivity contribution is 5.21. The van der Waals surface area contributed by atoms with E-state index in [4.69, 9.17) is 14.2 Å². The topological polar surface area (TPSA) is 27.7 Å². The predicted molar refractivity (Wildman–Crippen MR) is 154 cm³/mol. The van der Waals surface area contributed by atoms with E-state index >= 15 is 0 Å². The molecule has 0 bridgehead atoms. The van der Waals surface area contributed by atoms with Gasteiger partial charge in [-0.25, -0.2) is 0 Å². The smallest absolute Gasteiger partial charge is 0.118 e. The molecule has 0 saturated heterocycles. The zero-order valence-corrected chi connectivity index (χ0v) is 24.0. The maximum Gasteiger partial charge on any atom is 0.118 e. The molecular weight excluding hydrogens is 420 g/mol. The number of benzene rings is 3. The second-order valence-electron chi connectivity index (χ2n) is 6.28. The van der Waals surface area contributed by atoms with E-state index in [2.05, 4.69) is 20.8 Å². The summed E-state index contributed by atoms with van der Waals surface area (Å²) in [7, 11) is 4.99. The summed E-state index contributed by atoms with van der Waals surface area (Å²) >= 11 is 0. The molecule has 0 aliphatic heterocycles. The minimum Gasteiger partial charge on any atom is -0.497 e. The molecule has 194 valence electrons. The van der Waals surface area contributed by atoms with Gasteiger partial charge in [0.15, 0.2) is 0 Å². The van der Waals surface area contributed by atoms with E-state index in [0.717, 1.165) is 23.2 Å². The van der Waals surface area contributed by atoms with Gasteiger partial charge >= 0.3 is 0 Å². The molecule has 0 N–H and O–H groups in total. The van der Waals surface area contributed by atoms with Crippen molar-refractivity contribution < 1.29 is 14.2 Å². The first kappa shape index (κ1) is 38.3. The highest BCUT2D eigenvalue weighted by Gasteiger charge is 1.81. The fraction of sp³-hybridized carbons (Fsp3) is 0.419. The van der Waals surface area contributed by atoms with Gasteiger partial charge in [-0.2, -0.15) is 0 Å². The van der Waals surface area contributed by atoms with Crippen molar-refractivity contribution in [2.24, 2.45) is 5.92 Å². The van der Waals surface area contributed by atoms with Crippen LogP contribution < -0.4 is 14.2 Å². The Morgan fingerprint density at radius 3 is 0.618 bits per heavy atom. The van der Waals surface area contributed by atoms with Crippen LogP contribution in [-0.4, -0.2) is 21.3 Å². The van der Waals surface area contributed by atoms with Crippen molar-refractivity contribution in [2.45, 2.75) is 62.3 Å². The van der Waals surface area contributed by atoms with Gasteiger partial charge in [0, 0.05) is 0 Å². The third-order valence-corrected chi connectivity index (χ3v) is 2.94. The number of ether oxygens (including phenoxy) is 3. The molecule has 0 aliphatic rings. The Hall–Kier alpha value is -2.94. The number of methoxy groups -OCH3 is 3. The van der Waals surface area contributed by atoms with E-state index in [-0.39, 0.29) is 0 Å². The molecular formula is C31H52O3. The van der Waals surface area contributed by atoms with E-state index < -0.39 is 0 Å². The largest absolute Gasteiger partial charge is 0.497 e. The molecule has 3 nitrogen and oxygen atoms in total. The molecule has 0 spiro atoms. The van der Waals surface area contributed by atoms with Crippen LogP contribution in [0.4, 0.5) is 0 Å². The molecule has 0 amide bonds. The molecule has 3 aromatic carbocycles. The van der Waals surface area contributed by atoms with Crippen LogP contribution in [0.15, 0.2) is 91.0 Å². The van der Waals surface area contributed by atoms with Gasteiger partial charge < -0.3 is 14.2 Å². The SMILES string of the molecule is CC.CC.CC.CC(C)C.COc1ccccc1.COc1ccccc1.COc1ccccc1. The molecule has 0 aromatic heterocycles. The summed E-state index contributed by atoms with van der Waals surface area (Å²) in [5.74, 6) is 3.56. The van der Waals surface area contributed by atoms with Crippen molar-refractivity contribution in [3.05, 3.63) is 91.0 Å². The van der Waals surface area contributed by atoms with Crippen LogP contribution in [0.3, 0.4) is 0 Å². The minimum absolute atomic E-state index is 0.833. The summed E-state index contributed by atoms with van der Waals surface area (Å²) in [4.78, 5) is 0. The predicted octanol–water partition coefficient (Wildman–Crippen LogP) is 9.83. The lowest BCUT2D eigenvalue weighted by molar-refractivity contribution is 0.414. The van der Waals surface area contributed by atoms with Gasteiger partial charge in [-0.1, -0.05) is 117 Å². The van der Waals surface area contributed by atoms with E-state index in [0.29, 0.717) is 0 Å². The van der Waals surface area contributed by atoms with Crippen LogP contribution in [0, 0.1) is 5.92 Å². The van der Waals surface area contributed by atoms with Gasteiger partial charge in [0.25, 0.3) is 0 Å². The van der Waals surface area contributed by atoms with Crippen molar-refractivity contribution in [1.29, 1.82) is 0 Å². The zero-order valence-electron chi connectivity index (χ0n) is 24.0. The monoisotopic (exact) mass is 472 g/mol. The second-order valence-corrected chi connectivity index (χ2v) is 6.28. The Morgan fingerprint density at radius 2 is 0.529 bits per heavy atom. The summed E-state index contributed by atoms with van der Waals surface area (Å²) in [6, 6.07) is 29.0. The van der Waals surface area contributed by atoms with Crippen LogP contribution in [-0.2, 0) is 0 Å². The highest BCUT2D eigenvalue weighted by Crippen LogP contribution is 2.06. The lowest BCUT2D eigenvalue weighted by atomic mass is 10.3. The van der Waals surface area contributed by atoms with Crippen molar-refractivity contribution in [2.75, 3.05) is 21.3 Å². The van der Waals surface area contributed by atoms with Crippen molar-refractivity contribution in [3.8, 4) is 17.2 Å². The fourth-order valence-corrected chi connectivity index (χ4v) is 1.67. The highest BCUT2D eigenvalue weighted by atomic mass is 16.5. The summed E-state index contributed by atoms with van der Waals surface area (Å²) in [5.41, 5.74) is 0. The maximum atomic E-state index is 4.91. The third-order valence-electron chi connectivity index (χ3n) is 2.94. The fourth-order valence-electron chi connectivity index (χ4n) is 1.67. The molecule has 0 radical (unpaired) electrons. The van der Waals surface area contributed by atoms with Crippen molar-refractivity contribution >= 4 is 0 Å². The zero-order chi connectivity index (χ0) is 27.0. The maximum absolute atomic E-state index is 4.91. The molecule has 0 saturated carbocycles. The number of para-hydroxylation sites is 3. The summed E-state index contributed by atoms with van der Waals surface area (Å²) < 4.78 is 14.7. The molecule has 3 heteroatoms. The van der Waals surface area contributed by atoms with Gasteiger partial charge in [0.05, 0.1) is 21.3 Å². The second kappa shape index (κ2) is 34.7. The van der Waals surface area contributed by atoms with Crippen LogP contribution in [0.25, 0.3) is 0 Å². The van der Waals surface area contributed by atoms with Crippen LogP contribution in [0.1, 0.15) is 62.3 Å². The Labute approximate surface area is 212 Å². The summed E-state index contributed by atoms with van der Waals surface area (Å²) in [6.07, 6.45) is 0. The molecule has 3 aromatic rings. The third kappa shape index (κ3) is 31.2. The quantitative estimate of drug-likeness (QED) is 0.379. The molecule has 0 fully saturated rings. The normalized spacial score (nSPS) is 7.68. The first-order chi connectivity index (χ1) is 16.5. The van der Waals surface area contributed by atoms with Gasteiger partial charge in [-0.15, -0.1) is 0 Å². The molecule has 0 aliphatic carbocycles. The van der Waals surface area contributed by atoms with Gasteiger partial charge in [-0.3, -0.25) is 0 Å².